The van der Waals surface area contributed by atoms with Crippen LogP contribution < -0.4 is 0 Å². The molecule has 1 amide bonds. The predicted octanol–water partition coefficient (Wildman–Crippen LogP) is 2.50. The van der Waals surface area contributed by atoms with Gasteiger partial charge in [-0.25, -0.2) is 4.79 Å². The molecule has 2 atom stereocenters. The third-order valence-corrected chi connectivity index (χ3v) is 3.16. The van der Waals surface area contributed by atoms with Gasteiger partial charge in [0.25, 0.3) is 0 Å². The molecule has 0 spiro atoms. The predicted molar refractivity (Wildman–Crippen MR) is 67.4 cm³/mol. The SMILES string of the molecule is CC(CCC(=O)O)C1CCN1C(=O)OC(C)(C)C. The molecule has 1 N–H and O–H groups in total. The number of rotatable bonds is 4. The minimum absolute atomic E-state index is 0.124. The summed E-state index contributed by atoms with van der Waals surface area (Å²) in [5.74, 6) is -0.590. The van der Waals surface area contributed by atoms with Crippen LogP contribution in [0.5, 0.6) is 0 Å². The van der Waals surface area contributed by atoms with E-state index in [-0.39, 0.29) is 24.5 Å². The van der Waals surface area contributed by atoms with E-state index >= 15 is 0 Å². The van der Waals surface area contributed by atoms with Crippen molar-refractivity contribution in [2.24, 2.45) is 5.92 Å². The lowest BCUT2D eigenvalue weighted by Gasteiger charge is -2.44. The van der Waals surface area contributed by atoms with Crippen LogP contribution in [0.2, 0.25) is 0 Å². The van der Waals surface area contributed by atoms with Crippen molar-refractivity contribution in [3.05, 3.63) is 0 Å². The molecule has 5 heteroatoms. The fourth-order valence-electron chi connectivity index (χ4n) is 2.09. The van der Waals surface area contributed by atoms with Gasteiger partial charge in [0.1, 0.15) is 5.60 Å². The molecule has 0 saturated carbocycles. The molecule has 0 aromatic rings. The lowest BCUT2D eigenvalue weighted by Crippen LogP contribution is -2.55. The molecule has 1 aliphatic rings. The molecule has 0 aromatic carbocycles. The van der Waals surface area contributed by atoms with Crippen molar-refractivity contribution in [2.45, 2.75) is 58.6 Å². The summed E-state index contributed by atoms with van der Waals surface area (Å²) in [6.45, 7) is 8.22. The van der Waals surface area contributed by atoms with Crippen LogP contribution in [0.3, 0.4) is 0 Å². The summed E-state index contributed by atoms with van der Waals surface area (Å²) < 4.78 is 5.32. The zero-order chi connectivity index (χ0) is 13.9. The highest BCUT2D eigenvalue weighted by atomic mass is 16.6. The third-order valence-electron chi connectivity index (χ3n) is 3.16. The summed E-state index contributed by atoms with van der Waals surface area (Å²) in [7, 11) is 0. The summed E-state index contributed by atoms with van der Waals surface area (Å²) in [4.78, 5) is 24.1. The second-order valence-corrected chi connectivity index (χ2v) is 5.94. The van der Waals surface area contributed by atoms with Crippen LogP contribution in [-0.2, 0) is 9.53 Å². The maximum atomic E-state index is 11.9. The smallest absolute Gasteiger partial charge is 0.410 e. The van der Waals surface area contributed by atoms with Crippen LogP contribution >= 0.6 is 0 Å². The van der Waals surface area contributed by atoms with Gasteiger partial charge in [0, 0.05) is 19.0 Å². The first kappa shape index (κ1) is 14.8. The van der Waals surface area contributed by atoms with E-state index < -0.39 is 11.6 Å². The van der Waals surface area contributed by atoms with Gasteiger partial charge < -0.3 is 14.7 Å². The lowest BCUT2D eigenvalue weighted by atomic mass is 9.88. The van der Waals surface area contributed by atoms with E-state index in [9.17, 15) is 9.59 Å². The summed E-state index contributed by atoms with van der Waals surface area (Å²) in [6.07, 6.45) is 1.39. The van der Waals surface area contributed by atoms with Gasteiger partial charge in [0.05, 0.1) is 0 Å². The Morgan fingerprint density at radius 3 is 2.44 bits per heavy atom. The number of carbonyl (C=O) groups is 2. The highest BCUT2D eigenvalue weighted by Crippen LogP contribution is 2.29. The van der Waals surface area contributed by atoms with Crippen molar-refractivity contribution in [1.29, 1.82) is 0 Å². The largest absolute Gasteiger partial charge is 0.481 e. The summed E-state index contributed by atoms with van der Waals surface area (Å²) in [5, 5.41) is 8.66. The van der Waals surface area contributed by atoms with Crippen molar-refractivity contribution in [3.8, 4) is 0 Å². The van der Waals surface area contributed by atoms with E-state index in [4.69, 9.17) is 9.84 Å². The second-order valence-electron chi connectivity index (χ2n) is 5.94. The summed E-state index contributed by atoms with van der Waals surface area (Å²) in [6, 6.07) is 0.124. The number of nitrogens with zero attached hydrogens (tertiary/aromatic N) is 1. The first-order valence-electron chi connectivity index (χ1n) is 6.42. The van der Waals surface area contributed by atoms with Crippen LogP contribution in [0.15, 0.2) is 0 Å². The van der Waals surface area contributed by atoms with Crippen molar-refractivity contribution in [2.75, 3.05) is 6.54 Å². The average Bonchev–Trinajstić information content (AvgIpc) is 2.09. The van der Waals surface area contributed by atoms with Crippen LogP contribution in [0.1, 0.15) is 47.0 Å². The van der Waals surface area contributed by atoms with E-state index in [1.54, 1.807) is 4.90 Å². The zero-order valence-corrected chi connectivity index (χ0v) is 11.6. The quantitative estimate of drug-likeness (QED) is 0.840. The van der Waals surface area contributed by atoms with Crippen LogP contribution in [-0.4, -0.2) is 40.3 Å². The zero-order valence-electron chi connectivity index (χ0n) is 11.6. The molecule has 1 rings (SSSR count). The van der Waals surface area contributed by atoms with E-state index in [0.29, 0.717) is 13.0 Å². The summed E-state index contributed by atoms with van der Waals surface area (Å²) >= 11 is 0. The number of aliphatic carboxylic acids is 1. The molecule has 0 bridgehead atoms. The Bertz CT molecular complexity index is 321. The standard InChI is InChI=1S/C13H23NO4/c1-9(5-6-11(15)16)10-7-8-14(10)12(17)18-13(2,3)4/h9-10H,5-8H2,1-4H3,(H,15,16). The molecule has 0 aliphatic carbocycles. The minimum Gasteiger partial charge on any atom is -0.481 e. The van der Waals surface area contributed by atoms with Gasteiger partial charge in [-0.05, 0) is 39.5 Å². The van der Waals surface area contributed by atoms with E-state index in [1.807, 2.05) is 27.7 Å². The molecule has 2 unspecified atom stereocenters. The number of carboxylic acid groups (broad SMARTS) is 1. The van der Waals surface area contributed by atoms with E-state index in [0.717, 1.165) is 6.42 Å². The lowest BCUT2D eigenvalue weighted by molar-refractivity contribution is -0.137. The second kappa shape index (κ2) is 5.59. The molecule has 104 valence electrons. The maximum Gasteiger partial charge on any atom is 0.410 e. The van der Waals surface area contributed by atoms with Gasteiger partial charge in [-0.2, -0.15) is 0 Å². The number of carboxylic acids is 1. The monoisotopic (exact) mass is 257 g/mol. The topological polar surface area (TPSA) is 66.8 Å². The first-order chi connectivity index (χ1) is 8.20. The van der Waals surface area contributed by atoms with Crippen molar-refractivity contribution < 1.29 is 19.4 Å². The highest BCUT2D eigenvalue weighted by molar-refractivity contribution is 5.69. The number of ether oxygens (including phenoxy) is 1. The molecule has 1 saturated heterocycles. The first-order valence-corrected chi connectivity index (χ1v) is 6.42. The fourth-order valence-corrected chi connectivity index (χ4v) is 2.09. The molecular formula is C13H23NO4. The molecule has 1 fully saturated rings. The highest BCUT2D eigenvalue weighted by Gasteiger charge is 2.38. The van der Waals surface area contributed by atoms with Gasteiger partial charge >= 0.3 is 12.1 Å². The molecule has 18 heavy (non-hydrogen) atoms. The molecule has 0 aromatic heterocycles. The minimum atomic E-state index is -0.787. The Balaban J connectivity index is 2.44. The van der Waals surface area contributed by atoms with Gasteiger partial charge in [0.2, 0.25) is 0 Å². The maximum absolute atomic E-state index is 11.9. The molecular weight excluding hydrogens is 234 g/mol. The van der Waals surface area contributed by atoms with Crippen LogP contribution in [0, 0.1) is 5.92 Å². The molecule has 1 heterocycles. The van der Waals surface area contributed by atoms with Gasteiger partial charge in [0.15, 0.2) is 0 Å². The van der Waals surface area contributed by atoms with Gasteiger partial charge in [-0.1, -0.05) is 6.92 Å². The Kier molecular flexibility index (Phi) is 4.59. The van der Waals surface area contributed by atoms with Crippen LogP contribution in [0.4, 0.5) is 4.79 Å². The summed E-state index contributed by atoms with van der Waals surface area (Å²) in [5.41, 5.74) is -0.485. The number of hydrogen-bond donors (Lipinski definition) is 1. The Morgan fingerprint density at radius 1 is 1.44 bits per heavy atom. The Morgan fingerprint density at radius 2 is 2.06 bits per heavy atom. The van der Waals surface area contributed by atoms with Crippen molar-refractivity contribution >= 4 is 12.1 Å². The fraction of sp³-hybridized carbons (Fsp3) is 0.846. The normalized spacial score (nSPS) is 21.1. The molecule has 1 aliphatic heterocycles. The van der Waals surface area contributed by atoms with E-state index in [1.165, 1.54) is 0 Å². The number of likely N-dealkylation sites (tertiary alicyclic amines) is 1. The van der Waals surface area contributed by atoms with Gasteiger partial charge in [-0.3, -0.25) is 4.79 Å². The van der Waals surface area contributed by atoms with Gasteiger partial charge in [-0.15, -0.1) is 0 Å². The molecule has 0 radical (unpaired) electrons. The Hall–Kier alpha value is -1.26. The van der Waals surface area contributed by atoms with Crippen molar-refractivity contribution in [1.82, 2.24) is 4.90 Å². The third kappa shape index (κ3) is 4.20. The number of carbonyl (C=O) groups excluding carboxylic acids is 1. The van der Waals surface area contributed by atoms with Crippen molar-refractivity contribution in [3.63, 3.8) is 0 Å². The average molecular weight is 257 g/mol. The Labute approximate surface area is 108 Å². The number of amides is 1. The van der Waals surface area contributed by atoms with Crippen LogP contribution in [0.25, 0.3) is 0 Å². The van der Waals surface area contributed by atoms with E-state index in [2.05, 4.69) is 0 Å². The molecule has 5 nitrogen and oxygen atoms in total. The number of hydrogen-bond acceptors (Lipinski definition) is 3.